The van der Waals surface area contributed by atoms with Crippen LogP contribution >= 0.6 is 0 Å². The molecule has 14 heteroatoms. The second-order valence-electron chi connectivity index (χ2n) is 21.4. The summed E-state index contributed by atoms with van der Waals surface area (Å²) in [5.41, 5.74) is 9.63. The number of carbonyl (C=O) groups is 4. The van der Waals surface area contributed by atoms with E-state index in [0.717, 1.165) is 88.8 Å². The van der Waals surface area contributed by atoms with Crippen LogP contribution in [0.1, 0.15) is 142 Å². The summed E-state index contributed by atoms with van der Waals surface area (Å²) in [5, 5.41) is 6.94. The number of pyridine rings is 1. The van der Waals surface area contributed by atoms with E-state index in [1.165, 1.54) is 31.3 Å². The number of ether oxygens (including phenoxy) is 5. The van der Waals surface area contributed by atoms with E-state index in [2.05, 4.69) is 90.8 Å². The molecule has 2 aliphatic rings. The van der Waals surface area contributed by atoms with Crippen molar-refractivity contribution in [2.24, 2.45) is 11.3 Å². The van der Waals surface area contributed by atoms with Gasteiger partial charge in [-0.15, -0.1) is 0 Å². The fraction of sp³-hybridized carbons (Fsp3) is 0.576. The lowest BCUT2D eigenvalue weighted by Gasteiger charge is -2.31. The predicted octanol–water partition coefficient (Wildman–Crippen LogP) is 10.8. The van der Waals surface area contributed by atoms with Crippen molar-refractivity contribution in [1.29, 1.82) is 0 Å². The number of aromatic nitrogens is 2. The Labute approximate surface area is 435 Å². The first-order valence-electron chi connectivity index (χ1n) is 26.4. The second kappa shape index (κ2) is 27.2. The quantitative estimate of drug-likeness (QED) is 0.0272. The number of hydrogen-bond donors (Lipinski definition) is 2. The highest BCUT2D eigenvalue weighted by Crippen LogP contribution is 2.43. The molecule has 14 nitrogen and oxygen atoms in total. The molecule has 0 fully saturated rings. The first-order chi connectivity index (χ1) is 34.7. The summed E-state index contributed by atoms with van der Waals surface area (Å²) in [6, 6.07) is 7.70. The maximum absolute atomic E-state index is 13.9. The van der Waals surface area contributed by atoms with E-state index in [-0.39, 0.29) is 42.9 Å². The van der Waals surface area contributed by atoms with Crippen LogP contribution < -0.4 is 10.6 Å². The van der Waals surface area contributed by atoms with Gasteiger partial charge in [0.15, 0.2) is 5.78 Å². The molecule has 0 saturated heterocycles. The lowest BCUT2D eigenvalue weighted by Crippen LogP contribution is -2.50. The summed E-state index contributed by atoms with van der Waals surface area (Å²) in [6.07, 6.45) is 15.7. The summed E-state index contributed by atoms with van der Waals surface area (Å²) in [6.45, 7) is 25.7. The van der Waals surface area contributed by atoms with E-state index >= 15 is 0 Å². The van der Waals surface area contributed by atoms with Crippen LogP contribution in [-0.2, 0) is 51.0 Å². The Morgan fingerprint density at radius 2 is 1.75 bits per heavy atom. The van der Waals surface area contributed by atoms with Crippen molar-refractivity contribution in [2.75, 3.05) is 60.7 Å². The number of fused-ring (bicyclic) bond motifs is 1. The number of alkyl carbamates (subject to hydrolysis) is 1. The molecule has 0 unspecified atom stereocenters. The number of rotatable bonds is 25. The highest BCUT2D eigenvalue weighted by molar-refractivity contribution is 5.97. The smallest absolute Gasteiger partial charge is 0.408 e. The molecule has 5 rings (SSSR count). The van der Waals surface area contributed by atoms with Crippen LogP contribution in [0.5, 0.6) is 0 Å². The molecule has 0 spiro atoms. The van der Waals surface area contributed by atoms with Gasteiger partial charge in [-0.3, -0.25) is 24.3 Å². The van der Waals surface area contributed by atoms with Crippen molar-refractivity contribution < 1.29 is 42.9 Å². The molecule has 0 saturated carbocycles. The fourth-order valence-electron chi connectivity index (χ4n) is 9.82. The Morgan fingerprint density at radius 1 is 1.00 bits per heavy atom. The molecule has 1 amide bonds. The van der Waals surface area contributed by atoms with Gasteiger partial charge in [-0.25, -0.2) is 4.79 Å². The van der Waals surface area contributed by atoms with E-state index in [1.807, 2.05) is 13.1 Å². The van der Waals surface area contributed by atoms with Crippen LogP contribution in [-0.4, -0.2) is 117 Å². The van der Waals surface area contributed by atoms with Crippen molar-refractivity contribution in [3.05, 3.63) is 89.3 Å². The number of esters is 2. The molecule has 73 heavy (non-hydrogen) atoms. The molecule has 1 aliphatic heterocycles. The Balaban J connectivity index is 1.55. The number of carbonyl (C=O) groups excluding carboxylic acids is 4. The molecule has 3 aromatic rings. The number of ketones is 1. The molecule has 3 heterocycles. The minimum atomic E-state index is -0.860. The molecule has 1 aromatic carbocycles. The number of unbranched alkanes of at least 4 members (excludes halogenated alkanes) is 1. The van der Waals surface area contributed by atoms with Crippen LogP contribution in [0.2, 0.25) is 0 Å². The summed E-state index contributed by atoms with van der Waals surface area (Å²) < 4.78 is 30.7. The van der Waals surface area contributed by atoms with Crippen molar-refractivity contribution in [1.82, 2.24) is 25.1 Å². The molecule has 400 valence electrons. The number of methoxy groups -OCH3 is 2. The van der Waals surface area contributed by atoms with Crippen LogP contribution in [0.25, 0.3) is 33.3 Å². The molecule has 4 atom stereocenters. The maximum Gasteiger partial charge on any atom is 0.408 e. The third-order valence-electron chi connectivity index (χ3n) is 13.7. The van der Waals surface area contributed by atoms with Crippen molar-refractivity contribution in [3.8, 4) is 11.3 Å². The third kappa shape index (κ3) is 16.5. The number of nitrogens with one attached hydrogen (secondary N) is 2. The normalized spacial score (nSPS) is 17.2. The summed E-state index contributed by atoms with van der Waals surface area (Å²) in [7, 11) is 4.80. The average Bonchev–Trinajstić information content (AvgIpc) is 3.52. The number of allylic oxidation sites excluding steroid dienone is 3. The number of benzene rings is 1. The highest BCUT2D eigenvalue weighted by atomic mass is 16.6. The van der Waals surface area contributed by atoms with Crippen LogP contribution in [0.3, 0.4) is 0 Å². The van der Waals surface area contributed by atoms with Gasteiger partial charge >= 0.3 is 18.0 Å². The van der Waals surface area contributed by atoms with Gasteiger partial charge in [0.2, 0.25) is 0 Å². The SMILES string of the molecule is C=C1CCC=C(c2cnc([C@H](C)OC)c(-c3c(CC(C)(C)COC(C)=O)c4cc(C5=CCCN(C[C@H](NC(=O)OC(C)(C)C)C(=O)/C=C\CCC[C@H](NC)C(=O)OC)C5)ccc4n3CC)c2)C[C@H]1COCCC. The molecule has 0 radical (unpaired) electrons. The Hall–Kier alpha value is -5.41. The number of amides is 1. The maximum atomic E-state index is 13.9. The molecule has 2 aromatic heterocycles. The second-order valence-corrected chi connectivity index (χ2v) is 21.4. The standard InChI is InChI=1S/C59H85N5O9/c1-14-29-71-37-46-30-42(22-19-21-39(46)3)45-32-48(54(61-34-45)40(4)69-12)55-49(33-59(9,10)38-72-41(5)65)47-31-43(26-27-52(47)64(55)15-2)44-23-20-28-63(35-44)36-51(62-57(68)73-58(6,7)8)53(66)25-18-16-17-24-50(60-11)56(67)70-13/h18,22-23,25-27,31-32,34,40,46,50-51,60H,3,14-17,19-21,24,28-30,33,35-38H2,1-2,4-13H3,(H,62,68)/b25-18-/t40-,46-,50-,51-/m0/s1. The molecular formula is C59H85N5O9. The molecular weight excluding hydrogens is 923 g/mol. The summed E-state index contributed by atoms with van der Waals surface area (Å²) >= 11 is 0. The topological polar surface area (TPSA) is 160 Å². The van der Waals surface area contributed by atoms with E-state index < -0.39 is 29.2 Å². The molecule has 1 aliphatic carbocycles. The van der Waals surface area contributed by atoms with Crippen molar-refractivity contribution in [3.63, 3.8) is 0 Å². The van der Waals surface area contributed by atoms with Crippen LogP contribution in [0.4, 0.5) is 4.79 Å². The van der Waals surface area contributed by atoms with Crippen molar-refractivity contribution >= 4 is 45.9 Å². The van der Waals surface area contributed by atoms with Gasteiger partial charge in [0.1, 0.15) is 17.7 Å². The van der Waals surface area contributed by atoms with Gasteiger partial charge in [-0.1, -0.05) is 57.2 Å². The number of likely N-dealkylation sites (N-methyl/N-ethyl adjacent to an activating group) is 1. The lowest BCUT2D eigenvalue weighted by molar-refractivity contribution is -0.144. The zero-order valence-corrected chi connectivity index (χ0v) is 46.0. The summed E-state index contributed by atoms with van der Waals surface area (Å²) in [4.78, 5) is 58.8. The first kappa shape index (κ1) is 58.5. The van der Waals surface area contributed by atoms with Crippen molar-refractivity contribution in [2.45, 2.75) is 150 Å². The van der Waals surface area contributed by atoms with E-state index in [4.69, 9.17) is 28.7 Å². The first-order valence-corrected chi connectivity index (χ1v) is 26.4. The van der Waals surface area contributed by atoms with Crippen LogP contribution in [0.15, 0.2) is 66.9 Å². The van der Waals surface area contributed by atoms with E-state index in [1.54, 1.807) is 41.0 Å². The minimum Gasteiger partial charge on any atom is -0.468 e. The Kier molecular flexibility index (Phi) is 21.8. The minimum absolute atomic E-state index is 0.210. The predicted molar refractivity (Wildman–Crippen MR) is 291 cm³/mol. The van der Waals surface area contributed by atoms with E-state index in [0.29, 0.717) is 51.9 Å². The number of aryl methyl sites for hydroxylation is 1. The molecule has 2 N–H and O–H groups in total. The Morgan fingerprint density at radius 3 is 2.42 bits per heavy atom. The van der Waals surface area contributed by atoms with Gasteiger partial charge < -0.3 is 38.9 Å². The van der Waals surface area contributed by atoms with Gasteiger partial charge in [-0.2, -0.15) is 0 Å². The highest BCUT2D eigenvalue weighted by Gasteiger charge is 2.32. The number of hydrogen-bond acceptors (Lipinski definition) is 12. The fourth-order valence-corrected chi connectivity index (χ4v) is 9.82. The largest absolute Gasteiger partial charge is 0.468 e. The van der Waals surface area contributed by atoms with E-state index in [9.17, 15) is 19.2 Å². The number of nitrogens with zero attached hydrogens (tertiary/aromatic N) is 3. The van der Waals surface area contributed by atoms with Crippen LogP contribution in [0, 0.1) is 11.3 Å². The zero-order valence-electron chi connectivity index (χ0n) is 46.0. The van der Waals surface area contributed by atoms with Gasteiger partial charge in [0.05, 0.1) is 37.8 Å². The lowest BCUT2D eigenvalue weighted by atomic mass is 9.83. The third-order valence-corrected chi connectivity index (χ3v) is 13.7. The zero-order chi connectivity index (χ0) is 53.5. The summed E-state index contributed by atoms with van der Waals surface area (Å²) in [5.74, 6) is -0.671. The molecule has 0 bridgehead atoms. The van der Waals surface area contributed by atoms with Gasteiger partial charge in [-0.05, 0) is 152 Å². The van der Waals surface area contributed by atoms with Gasteiger partial charge in [0.25, 0.3) is 0 Å². The Bertz CT molecular complexity index is 2490. The monoisotopic (exact) mass is 1010 g/mol. The average molecular weight is 1010 g/mol. The van der Waals surface area contributed by atoms with Gasteiger partial charge in [0, 0.05) is 80.8 Å².